The lowest BCUT2D eigenvalue weighted by molar-refractivity contribution is 0.590. The van der Waals surface area contributed by atoms with Crippen molar-refractivity contribution in [2.75, 3.05) is 35.8 Å². The summed E-state index contributed by atoms with van der Waals surface area (Å²) in [5, 5.41) is 5.44. The van der Waals surface area contributed by atoms with Crippen molar-refractivity contribution >= 4 is 56.2 Å². The fourth-order valence-electron chi connectivity index (χ4n) is 3.42. The topological polar surface area (TPSA) is 61.4 Å². The summed E-state index contributed by atoms with van der Waals surface area (Å²) in [7, 11) is -3.78. The standard InChI is InChI=1S/C20H20ClN3O2S.ClH/c21-17-7-3-4-8-20(17)27(25,26)23-18-9-10-19(24-13-11-22-12-14-24)16-6-2-1-5-15(16)18;/h1-10,22-23H,11-14H2;1H. The molecule has 0 spiro atoms. The smallest absolute Gasteiger partial charge is 0.263 e. The van der Waals surface area contributed by atoms with Gasteiger partial charge in [0.05, 0.1) is 10.7 Å². The summed E-state index contributed by atoms with van der Waals surface area (Å²) < 4.78 is 28.4. The van der Waals surface area contributed by atoms with Gasteiger partial charge in [0, 0.05) is 42.6 Å². The second-order valence-electron chi connectivity index (χ2n) is 6.45. The van der Waals surface area contributed by atoms with Crippen molar-refractivity contribution in [2.45, 2.75) is 4.90 Å². The first-order valence-corrected chi connectivity index (χ1v) is 10.7. The maximum atomic E-state index is 12.8. The molecular weight excluding hydrogens is 417 g/mol. The first-order chi connectivity index (χ1) is 13.1. The highest BCUT2D eigenvalue weighted by atomic mass is 35.5. The van der Waals surface area contributed by atoms with E-state index in [-0.39, 0.29) is 22.3 Å². The maximum absolute atomic E-state index is 12.8. The summed E-state index contributed by atoms with van der Waals surface area (Å²) in [5.74, 6) is 0. The van der Waals surface area contributed by atoms with Crippen molar-refractivity contribution in [3.05, 3.63) is 65.7 Å². The summed E-state index contributed by atoms with van der Waals surface area (Å²) in [6, 6.07) is 18.1. The number of nitrogens with zero attached hydrogens (tertiary/aromatic N) is 1. The minimum absolute atomic E-state index is 0. The SMILES string of the molecule is Cl.O=S(=O)(Nc1ccc(N2CCNCC2)c2ccccc12)c1ccccc1Cl. The molecule has 28 heavy (non-hydrogen) atoms. The van der Waals surface area contributed by atoms with E-state index < -0.39 is 10.0 Å². The van der Waals surface area contributed by atoms with E-state index in [4.69, 9.17) is 11.6 Å². The highest BCUT2D eigenvalue weighted by Gasteiger charge is 2.20. The number of benzene rings is 3. The molecule has 0 bridgehead atoms. The zero-order chi connectivity index (χ0) is 18.9. The van der Waals surface area contributed by atoms with Gasteiger partial charge in [-0.05, 0) is 24.3 Å². The van der Waals surface area contributed by atoms with Crippen molar-refractivity contribution in [3.8, 4) is 0 Å². The van der Waals surface area contributed by atoms with E-state index in [2.05, 4.69) is 14.9 Å². The van der Waals surface area contributed by atoms with E-state index in [1.54, 1.807) is 18.2 Å². The van der Waals surface area contributed by atoms with Crippen LogP contribution in [0.5, 0.6) is 0 Å². The molecule has 4 rings (SSSR count). The largest absolute Gasteiger partial charge is 0.368 e. The van der Waals surface area contributed by atoms with Crippen molar-refractivity contribution < 1.29 is 8.42 Å². The molecule has 0 unspecified atom stereocenters. The van der Waals surface area contributed by atoms with Gasteiger partial charge in [-0.25, -0.2) is 8.42 Å². The van der Waals surface area contributed by atoms with Crippen molar-refractivity contribution in [2.24, 2.45) is 0 Å². The van der Waals surface area contributed by atoms with Gasteiger partial charge in [0.1, 0.15) is 4.90 Å². The quantitative estimate of drug-likeness (QED) is 0.643. The molecule has 1 aliphatic heterocycles. The summed E-state index contributed by atoms with van der Waals surface area (Å²) in [4.78, 5) is 2.40. The Morgan fingerprint density at radius 1 is 0.893 bits per heavy atom. The van der Waals surface area contributed by atoms with Crippen LogP contribution in [-0.4, -0.2) is 34.6 Å². The van der Waals surface area contributed by atoms with Crippen LogP contribution in [0.1, 0.15) is 0 Å². The zero-order valence-electron chi connectivity index (χ0n) is 15.1. The van der Waals surface area contributed by atoms with Gasteiger partial charge < -0.3 is 10.2 Å². The van der Waals surface area contributed by atoms with Gasteiger partial charge in [-0.15, -0.1) is 12.4 Å². The lowest BCUT2D eigenvalue weighted by Crippen LogP contribution is -2.43. The van der Waals surface area contributed by atoms with Gasteiger partial charge >= 0.3 is 0 Å². The van der Waals surface area contributed by atoms with Gasteiger partial charge in [-0.2, -0.15) is 0 Å². The first-order valence-electron chi connectivity index (χ1n) is 8.81. The third-order valence-corrected chi connectivity index (χ3v) is 6.59. The number of hydrogen-bond acceptors (Lipinski definition) is 4. The summed E-state index contributed by atoms with van der Waals surface area (Å²) >= 11 is 6.09. The third-order valence-electron chi connectivity index (χ3n) is 4.73. The van der Waals surface area contributed by atoms with Gasteiger partial charge in [0.15, 0.2) is 0 Å². The number of hydrogen-bond donors (Lipinski definition) is 2. The van der Waals surface area contributed by atoms with Crippen molar-refractivity contribution in [1.29, 1.82) is 0 Å². The minimum Gasteiger partial charge on any atom is -0.368 e. The van der Waals surface area contributed by atoms with Crippen LogP contribution in [0.4, 0.5) is 11.4 Å². The minimum atomic E-state index is -3.78. The molecule has 8 heteroatoms. The van der Waals surface area contributed by atoms with Gasteiger partial charge in [0.25, 0.3) is 10.0 Å². The Morgan fingerprint density at radius 3 is 2.25 bits per heavy atom. The first kappa shape index (κ1) is 20.7. The molecule has 1 fully saturated rings. The van der Waals surface area contributed by atoms with E-state index in [0.29, 0.717) is 5.69 Å². The van der Waals surface area contributed by atoms with Gasteiger partial charge in [-0.1, -0.05) is 48.0 Å². The van der Waals surface area contributed by atoms with E-state index in [1.807, 2.05) is 36.4 Å². The monoisotopic (exact) mass is 437 g/mol. The van der Waals surface area contributed by atoms with Crippen LogP contribution in [0.2, 0.25) is 5.02 Å². The Hall–Kier alpha value is -1.99. The third kappa shape index (κ3) is 4.05. The van der Waals surface area contributed by atoms with Crippen molar-refractivity contribution in [1.82, 2.24) is 5.32 Å². The van der Waals surface area contributed by atoms with Crippen LogP contribution in [0.15, 0.2) is 65.6 Å². The van der Waals surface area contributed by atoms with Crippen LogP contribution in [-0.2, 0) is 10.0 Å². The Bertz CT molecular complexity index is 1080. The Labute approximate surface area is 176 Å². The van der Waals surface area contributed by atoms with Crippen molar-refractivity contribution in [3.63, 3.8) is 0 Å². The van der Waals surface area contributed by atoms with Crippen LogP contribution >= 0.6 is 24.0 Å². The highest BCUT2D eigenvalue weighted by molar-refractivity contribution is 7.92. The van der Waals surface area contributed by atoms with Gasteiger partial charge in [0.2, 0.25) is 0 Å². The molecule has 1 heterocycles. The lowest BCUT2D eigenvalue weighted by atomic mass is 10.1. The molecule has 2 N–H and O–H groups in total. The molecule has 0 radical (unpaired) electrons. The van der Waals surface area contributed by atoms with Crippen LogP contribution in [0, 0.1) is 0 Å². The Morgan fingerprint density at radius 2 is 1.54 bits per heavy atom. The number of sulfonamides is 1. The van der Waals surface area contributed by atoms with Crippen LogP contribution < -0.4 is 14.9 Å². The average molecular weight is 438 g/mol. The molecule has 0 aromatic heterocycles. The predicted molar refractivity (Wildman–Crippen MR) is 119 cm³/mol. The number of nitrogens with one attached hydrogen (secondary N) is 2. The normalized spacial score (nSPS) is 14.5. The zero-order valence-corrected chi connectivity index (χ0v) is 17.4. The molecule has 0 saturated carbocycles. The lowest BCUT2D eigenvalue weighted by Gasteiger charge is -2.30. The van der Waals surface area contributed by atoms with E-state index in [1.165, 1.54) is 6.07 Å². The van der Waals surface area contributed by atoms with Crippen LogP contribution in [0.3, 0.4) is 0 Å². The molecule has 148 valence electrons. The average Bonchev–Trinajstić information content (AvgIpc) is 2.69. The number of rotatable bonds is 4. The Balaban J connectivity index is 0.00000225. The number of fused-ring (bicyclic) bond motifs is 1. The molecule has 3 aromatic carbocycles. The van der Waals surface area contributed by atoms with Gasteiger partial charge in [-0.3, -0.25) is 4.72 Å². The number of anilines is 2. The summed E-state index contributed by atoms with van der Waals surface area (Å²) in [6.07, 6.45) is 0. The second kappa shape index (κ2) is 8.57. The second-order valence-corrected chi connectivity index (χ2v) is 8.51. The molecule has 1 saturated heterocycles. The summed E-state index contributed by atoms with van der Waals surface area (Å²) in [6.45, 7) is 3.73. The molecule has 1 aliphatic rings. The molecule has 5 nitrogen and oxygen atoms in total. The molecule has 0 atom stereocenters. The van der Waals surface area contributed by atoms with Crippen LogP contribution in [0.25, 0.3) is 10.8 Å². The number of piperazine rings is 1. The van der Waals surface area contributed by atoms with E-state index in [0.717, 1.165) is 42.6 Å². The highest BCUT2D eigenvalue weighted by Crippen LogP contribution is 2.34. The van der Waals surface area contributed by atoms with E-state index >= 15 is 0 Å². The fraction of sp³-hybridized carbons (Fsp3) is 0.200. The Kier molecular flexibility index (Phi) is 6.35. The summed E-state index contributed by atoms with van der Waals surface area (Å²) in [5.41, 5.74) is 1.66. The predicted octanol–water partition coefficient (Wildman–Crippen LogP) is 4.13. The van der Waals surface area contributed by atoms with E-state index in [9.17, 15) is 8.42 Å². The molecule has 3 aromatic rings. The molecule has 0 amide bonds. The number of halogens is 2. The maximum Gasteiger partial charge on any atom is 0.263 e. The molecule has 0 aliphatic carbocycles. The fourth-order valence-corrected chi connectivity index (χ4v) is 5.02. The molecular formula is C20H21Cl2N3O2S.